The minimum absolute atomic E-state index is 0.119. The van der Waals surface area contributed by atoms with Gasteiger partial charge in [-0.2, -0.15) is 0 Å². The molecule has 0 saturated carbocycles. The van der Waals surface area contributed by atoms with Crippen LogP contribution in [-0.2, 0) is 19.2 Å². The van der Waals surface area contributed by atoms with Gasteiger partial charge in [-0.25, -0.2) is 0 Å². The number of fused-ring (bicyclic) bond motifs is 2. The molecule has 0 spiro atoms. The van der Waals surface area contributed by atoms with Crippen molar-refractivity contribution in [1.82, 2.24) is 20.4 Å². The molecule has 3 saturated heterocycles. The summed E-state index contributed by atoms with van der Waals surface area (Å²) in [5, 5.41) is 14.9. The van der Waals surface area contributed by atoms with Crippen LogP contribution in [0, 0.1) is 5.92 Å². The molecule has 0 aliphatic carbocycles. The highest BCUT2D eigenvalue weighted by molar-refractivity contribution is 5.96. The largest absolute Gasteiger partial charge is 0.481 e. The first kappa shape index (κ1) is 22.5. The maximum atomic E-state index is 13.2. The SMILES string of the molecule is CCCCNC(=O)C1C2[C@H](CC(C)C)N2C(=O)[C@H](CC(=O)O)NC(=O)[C@H]2CCCN12. The highest BCUT2D eigenvalue weighted by Crippen LogP contribution is 2.41. The Morgan fingerprint density at radius 1 is 1.30 bits per heavy atom. The van der Waals surface area contributed by atoms with Gasteiger partial charge in [-0.1, -0.05) is 27.2 Å². The number of carboxylic acid groups (broad SMARTS) is 1. The molecule has 0 aromatic rings. The zero-order valence-corrected chi connectivity index (χ0v) is 18.1. The molecule has 3 aliphatic rings. The average molecular weight is 423 g/mol. The lowest BCUT2D eigenvalue weighted by atomic mass is 10.0. The molecule has 168 valence electrons. The molecule has 5 atom stereocenters. The Morgan fingerprint density at radius 2 is 2.03 bits per heavy atom. The summed E-state index contributed by atoms with van der Waals surface area (Å²) in [5.74, 6) is -1.71. The molecule has 30 heavy (non-hydrogen) atoms. The van der Waals surface area contributed by atoms with Crippen molar-refractivity contribution >= 4 is 23.7 Å². The molecule has 9 nitrogen and oxygen atoms in total. The van der Waals surface area contributed by atoms with E-state index >= 15 is 0 Å². The number of hydrogen-bond donors (Lipinski definition) is 3. The summed E-state index contributed by atoms with van der Waals surface area (Å²) < 4.78 is 0. The van der Waals surface area contributed by atoms with E-state index in [0.29, 0.717) is 25.4 Å². The predicted molar refractivity (Wildman–Crippen MR) is 109 cm³/mol. The monoisotopic (exact) mass is 422 g/mol. The molecule has 3 fully saturated rings. The number of rotatable bonds is 8. The van der Waals surface area contributed by atoms with Gasteiger partial charge in [0, 0.05) is 6.54 Å². The molecule has 0 aromatic carbocycles. The first-order valence-corrected chi connectivity index (χ1v) is 11.1. The van der Waals surface area contributed by atoms with E-state index in [-0.39, 0.29) is 23.9 Å². The second-order valence-corrected chi connectivity index (χ2v) is 9.08. The quantitative estimate of drug-likeness (QED) is 0.383. The topological polar surface area (TPSA) is 119 Å². The van der Waals surface area contributed by atoms with Crippen molar-refractivity contribution in [2.45, 2.75) is 89.5 Å². The molecule has 0 aromatic heterocycles. The lowest BCUT2D eigenvalue weighted by Crippen LogP contribution is -2.56. The van der Waals surface area contributed by atoms with Gasteiger partial charge in [-0.3, -0.25) is 24.1 Å². The van der Waals surface area contributed by atoms with Crippen molar-refractivity contribution in [2.24, 2.45) is 5.92 Å². The van der Waals surface area contributed by atoms with Gasteiger partial charge in [-0.05, 0) is 38.1 Å². The van der Waals surface area contributed by atoms with E-state index < -0.39 is 36.4 Å². The Bertz CT molecular complexity index is 697. The van der Waals surface area contributed by atoms with Gasteiger partial charge in [0.2, 0.25) is 17.7 Å². The minimum Gasteiger partial charge on any atom is -0.481 e. The zero-order chi connectivity index (χ0) is 22.0. The summed E-state index contributed by atoms with van der Waals surface area (Å²) >= 11 is 0. The molecule has 3 N–H and O–H groups in total. The zero-order valence-electron chi connectivity index (χ0n) is 18.1. The van der Waals surface area contributed by atoms with E-state index in [1.807, 2.05) is 4.90 Å². The lowest BCUT2D eigenvalue weighted by Gasteiger charge is -2.31. The van der Waals surface area contributed by atoms with E-state index in [4.69, 9.17) is 0 Å². The van der Waals surface area contributed by atoms with Crippen LogP contribution in [0.3, 0.4) is 0 Å². The Morgan fingerprint density at radius 3 is 2.67 bits per heavy atom. The Hall–Kier alpha value is -2.16. The Kier molecular flexibility index (Phi) is 7.00. The number of carbonyl (C=O) groups excluding carboxylic acids is 3. The van der Waals surface area contributed by atoms with E-state index in [9.17, 15) is 24.3 Å². The van der Waals surface area contributed by atoms with Crippen LogP contribution in [-0.4, -0.2) is 81.9 Å². The molecular formula is C21H34N4O5. The van der Waals surface area contributed by atoms with Gasteiger partial charge >= 0.3 is 5.97 Å². The molecule has 3 amide bonds. The maximum Gasteiger partial charge on any atom is 0.305 e. The average Bonchev–Trinajstić information content (AvgIpc) is 3.10. The number of unbranched alkanes of at least 4 members (excludes halogenated alkanes) is 1. The molecule has 2 unspecified atom stereocenters. The predicted octanol–water partition coefficient (Wildman–Crippen LogP) is 0.334. The van der Waals surface area contributed by atoms with Gasteiger partial charge in [-0.15, -0.1) is 0 Å². The summed E-state index contributed by atoms with van der Waals surface area (Å²) in [6.45, 7) is 7.36. The van der Waals surface area contributed by atoms with Gasteiger partial charge in [0.25, 0.3) is 0 Å². The molecule has 0 bridgehead atoms. The van der Waals surface area contributed by atoms with E-state index in [1.54, 1.807) is 4.90 Å². The van der Waals surface area contributed by atoms with Gasteiger partial charge in [0.1, 0.15) is 12.1 Å². The third-order valence-electron chi connectivity index (χ3n) is 6.32. The fraction of sp³-hybridized carbons (Fsp3) is 0.810. The fourth-order valence-electron chi connectivity index (χ4n) is 4.93. The number of nitrogens with one attached hydrogen (secondary N) is 2. The summed E-state index contributed by atoms with van der Waals surface area (Å²) in [4.78, 5) is 54.2. The standard InChI is InChI=1S/C21H34N4O5/c1-4-5-8-22-20(29)18-17-15(10-12(2)3)25(17)21(30)13(11-16(26)27)23-19(28)14-7-6-9-24(14)18/h12-15,17-18H,4-11H2,1-3H3,(H,22,29)(H,23,28)(H,26,27)/t13-,14+,15-,17?,18?,25?/m0/s1. The Balaban J connectivity index is 1.94. The molecule has 3 rings (SSSR count). The van der Waals surface area contributed by atoms with E-state index in [0.717, 1.165) is 25.7 Å². The number of hydrogen-bond acceptors (Lipinski definition) is 5. The van der Waals surface area contributed by atoms with Crippen LogP contribution in [0.5, 0.6) is 0 Å². The van der Waals surface area contributed by atoms with Gasteiger partial charge in [0.05, 0.1) is 24.5 Å². The van der Waals surface area contributed by atoms with Gasteiger partial charge in [0.15, 0.2) is 0 Å². The van der Waals surface area contributed by atoms with Crippen molar-refractivity contribution in [1.29, 1.82) is 0 Å². The molecule has 3 aliphatic heterocycles. The summed E-state index contributed by atoms with van der Waals surface area (Å²) in [5.41, 5.74) is 0. The second kappa shape index (κ2) is 9.32. The number of amides is 3. The highest BCUT2D eigenvalue weighted by atomic mass is 16.4. The van der Waals surface area contributed by atoms with E-state index in [2.05, 4.69) is 31.4 Å². The first-order valence-electron chi connectivity index (χ1n) is 11.1. The summed E-state index contributed by atoms with van der Waals surface area (Å²) in [7, 11) is 0. The van der Waals surface area contributed by atoms with Crippen LogP contribution in [0.4, 0.5) is 0 Å². The van der Waals surface area contributed by atoms with E-state index in [1.165, 1.54) is 0 Å². The van der Waals surface area contributed by atoms with Crippen LogP contribution >= 0.6 is 0 Å². The summed E-state index contributed by atoms with van der Waals surface area (Å²) in [6, 6.07) is -2.65. The highest BCUT2D eigenvalue weighted by Gasteiger charge is 2.61. The van der Waals surface area contributed by atoms with Crippen LogP contribution in [0.25, 0.3) is 0 Å². The molecular weight excluding hydrogens is 388 g/mol. The fourth-order valence-corrected chi connectivity index (χ4v) is 4.93. The minimum atomic E-state index is -1.14. The number of carbonyl (C=O) groups is 4. The third-order valence-corrected chi connectivity index (χ3v) is 6.32. The Labute approximate surface area is 177 Å². The molecule has 0 radical (unpaired) electrons. The second-order valence-electron chi connectivity index (χ2n) is 9.08. The van der Waals surface area contributed by atoms with Gasteiger partial charge < -0.3 is 20.6 Å². The number of aliphatic carboxylic acids is 1. The van der Waals surface area contributed by atoms with Crippen molar-refractivity contribution in [3.8, 4) is 0 Å². The molecule has 9 heteroatoms. The number of nitrogens with zero attached hydrogens (tertiary/aromatic N) is 2. The van der Waals surface area contributed by atoms with Crippen LogP contribution in [0.15, 0.2) is 0 Å². The molecule has 3 heterocycles. The normalized spacial score (nSPS) is 31.3. The maximum absolute atomic E-state index is 13.2. The van der Waals surface area contributed by atoms with Crippen molar-refractivity contribution in [2.75, 3.05) is 13.1 Å². The summed E-state index contributed by atoms with van der Waals surface area (Å²) in [6.07, 6.45) is 3.49. The number of carboxylic acids is 1. The smallest absolute Gasteiger partial charge is 0.305 e. The van der Waals surface area contributed by atoms with Crippen molar-refractivity contribution < 1.29 is 24.3 Å². The first-order chi connectivity index (χ1) is 14.3. The van der Waals surface area contributed by atoms with Crippen LogP contribution in [0.1, 0.15) is 59.3 Å². The third kappa shape index (κ3) is 4.61. The van der Waals surface area contributed by atoms with Crippen LogP contribution < -0.4 is 10.6 Å². The lowest BCUT2D eigenvalue weighted by molar-refractivity contribution is -0.142. The van der Waals surface area contributed by atoms with Crippen LogP contribution in [0.2, 0.25) is 0 Å². The van der Waals surface area contributed by atoms with Crippen molar-refractivity contribution in [3.63, 3.8) is 0 Å². The van der Waals surface area contributed by atoms with Crippen molar-refractivity contribution in [3.05, 3.63) is 0 Å².